The van der Waals surface area contributed by atoms with Crippen molar-refractivity contribution >= 4 is 28.6 Å². The number of rotatable bonds is 6. The second kappa shape index (κ2) is 6.95. The van der Waals surface area contributed by atoms with Crippen LogP contribution < -0.4 is 10.6 Å². The minimum absolute atomic E-state index is 0.0542. The zero-order chi connectivity index (χ0) is 18.9. The molecule has 3 aromatic heterocycles. The fraction of sp³-hybridized carbons (Fsp3) is 0.300. The number of fused-ring (bicyclic) bond motifs is 1. The van der Waals surface area contributed by atoms with E-state index in [0.29, 0.717) is 17.7 Å². The first-order valence-corrected chi connectivity index (χ1v) is 9.59. The summed E-state index contributed by atoms with van der Waals surface area (Å²) < 4.78 is 0. The van der Waals surface area contributed by atoms with Gasteiger partial charge in [0.15, 0.2) is 5.82 Å². The lowest BCUT2D eigenvalue weighted by Gasteiger charge is -2.23. The number of benzene rings is 1. The van der Waals surface area contributed by atoms with Crippen molar-refractivity contribution in [1.29, 1.82) is 0 Å². The Kier molecular flexibility index (Phi) is 4.16. The van der Waals surface area contributed by atoms with Crippen molar-refractivity contribution in [2.75, 3.05) is 10.6 Å². The maximum Gasteiger partial charge on any atom is 0.225 e. The molecule has 4 aromatic rings. The minimum Gasteiger partial charge on any atom is -0.348 e. The zero-order valence-electron chi connectivity index (χ0n) is 15.6. The monoisotopic (exact) mass is 374 g/mol. The maximum atomic E-state index is 4.57. The first-order valence-electron chi connectivity index (χ1n) is 9.59. The number of nitrogens with zero attached hydrogens (tertiary/aromatic N) is 4. The molecule has 1 aliphatic carbocycles. The summed E-state index contributed by atoms with van der Waals surface area (Å²) >= 11 is 0. The lowest BCUT2D eigenvalue weighted by molar-refractivity contribution is 0.410. The number of imidazole rings is 1. The van der Waals surface area contributed by atoms with Gasteiger partial charge < -0.3 is 15.6 Å². The maximum absolute atomic E-state index is 4.57. The van der Waals surface area contributed by atoms with Gasteiger partial charge in [-0.25, -0.2) is 9.97 Å². The fourth-order valence-corrected chi connectivity index (χ4v) is 3.46. The Labute approximate surface area is 162 Å². The summed E-state index contributed by atoms with van der Waals surface area (Å²) in [5.41, 5.74) is 4.31. The number of aromatic amines is 2. The highest BCUT2D eigenvalue weighted by Gasteiger charge is 2.21. The SMILES string of the molecule is C[C@H](Nc1nccc(Nc2cc(C3CCC3)[nH]n2)n1)c1ccc2nc[nH]c2c1. The van der Waals surface area contributed by atoms with Gasteiger partial charge in [-0.3, -0.25) is 5.10 Å². The van der Waals surface area contributed by atoms with Crippen molar-refractivity contribution in [2.45, 2.75) is 38.1 Å². The molecule has 0 radical (unpaired) electrons. The van der Waals surface area contributed by atoms with Crippen LogP contribution in [0.1, 0.15) is 49.4 Å². The standard InChI is InChI=1S/C20H22N8/c1-12(14-5-6-15-17(9-14)23-11-22-15)24-20-21-8-7-18(26-20)25-19-10-16(27-28-19)13-3-2-4-13/h5-13H,2-4H2,1H3,(H,22,23)(H3,21,24,25,26,27,28)/t12-/m0/s1. The van der Waals surface area contributed by atoms with Gasteiger partial charge in [-0.1, -0.05) is 12.5 Å². The van der Waals surface area contributed by atoms with E-state index >= 15 is 0 Å². The van der Waals surface area contributed by atoms with Crippen LogP contribution in [0.15, 0.2) is 42.9 Å². The number of anilines is 3. The summed E-state index contributed by atoms with van der Waals surface area (Å²) in [6.45, 7) is 2.08. The van der Waals surface area contributed by atoms with Crippen LogP contribution in [0, 0.1) is 0 Å². The Morgan fingerprint density at radius 1 is 1.11 bits per heavy atom. The van der Waals surface area contributed by atoms with Crippen molar-refractivity contribution in [1.82, 2.24) is 30.1 Å². The van der Waals surface area contributed by atoms with Crippen LogP contribution in [0.3, 0.4) is 0 Å². The molecule has 1 aliphatic rings. The van der Waals surface area contributed by atoms with Gasteiger partial charge in [-0.05, 0) is 43.5 Å². The quantitative estimate of drug-likeness (QED) is 0.402. The molecule has 8 nitrogen and oxygen atoms in total. The van der Waals surface area contributed by atoms with Crippen LogP contribution in [-0.2, 0) is 0 Å². The first-order chi connectivity index (χ1) is 13.7. The summed E-state index contributed by atoms with van der Waals surface area (Å²) in [7, 11) is 0. The van der Waals surface area contributed by atoms with Crippen LogP contribution in [0.25, 0.3) is 11.0 Å². The van der Waals surface area contributed by atoms with E-state index < -0.39 is 0 Å². The van der Waals surface area contributed by atoms with Crippen molar-refractivity contribution < 1.29 is 0 Å². The van der Waals surface area contributed by atoms with Gasteiger partial charge >= 0.3 is 0 Å². The van der Waals surface area contributed by atoms with E-state index in [9.17, 15) is 0 Å². The number of H-pyrrole nitrogens is 2. The van der Waals surface area contributed by atoms with Gasteiger partial charge in [-0.2, -0.15) is 10.1 Å². The Morgan fingerprint density at radius 2 is 2.04 bits per heavy atom. The molecule has 28 heavy (non-hydrogen) atoms. The first kappa shape index (κ1) is 16.7. The van der Waals surface area contributed by atoms with Crippen molar-refractivity contribution in [3.05, 3.63) is 54.1 Å². The molecule has 4 N–H and O–H groups in total. The normalized spacial score (nSPS) is 15.3. The fourth-order valence-electron chi connectivity index (χ4n) is 3.46. The molecule has 0 saturated heterocycles. The van der Waals surface area contributed by atoms with Gasteiger partial charge in [0.05, 0.1) is 23.4 Å². The number of hydrogen-bond acceptors (Lipinski definition) is 6. The molecule has 1 fully saturated rings. The molecule has 1 saturated carbocycles. The molecule has 142 valence electrons. The molecule has 1 aromatic carbocycles. The number of nitrogens with one attached hydrogen (secondary N) is 4. The zero-order valence-corrected chi connectivity index (χ0v) is 15.6. The van der Waals surface area contributed by atoms with Crippen molar-refractivity contribution in [3.8, 4) is 0 Å². The van der Waals surface area contributed by atoms with Gasteiger partial charge in [0.2, 0.25) is 5.95 Å². The summed E-state index contributed by atoms with van der Waals surface area (Å²) in [5.74, 6) is 2.68. The molecule has 8 heteroatoms. The molecule has 0 amide bonds. The van der Waals surface area contributed by atoms with Crippen LogP contribution in [-0.4, -0.2) is 30.1 Å². The van der Waals surface area contributed by atoms with E-state index in [0.717, 1.165) is 22.4 Å². The second-order valence-corrected chi connectivity index (χ2v) is 7.27. The van der Waals surface area contributed by atoms with E-state index in [-0.39, 0.29) is 6.04 Å². The van der Waals surface area contributed by atoms with Crippen LogP contribution in [0.4, 0.5) is 17.6 Å². The topological polar surface area (TPSA) is 107 Å². The molecular formula is C20H22N8. The largest absolute Gasteiger partial charge is 0.348 e. The molecule has 5 rings (SSSR count). The lowest BCUT2D eigenvalue weighted by atomic mass is 9.83. The van der Waals surface area contributed by atoms with Gasteiger partial charge in [0.25, 0.3) is 0 Å². The van der Waals surface area contributed by atoms with Gasteiger partial charge in [-0.15, -0.1) is 0 Å². The number of aromatic nitrogens is 6. The highest BCUT2D eigenvalue weighted by atomic mass is 15.2. The van der Waals surface area contributed by atoms with Crippen molar-refractivity contribution in [3.63, 3.8) is 0 Å². The molecule has 3 heterocycles. The predicted octanol–water partition coefficient (Wildman–Crippen LogP) is 4.26. The smallest absolute Gasteiger partial charge is 0.225 e. The highest BCUT2D eigenvalue weighted by molar-refractivity contribution is 5.75. The summed E-state index contributed by atoms with van der Waals surface area (Å²) in [4.78, 5) is 16.3. The van der Waals surface area contributed by atoms with E-state index in [1.165, 1.54) is 25.0 Å². The molecule has 0 bridgehead atoms. The molecule has 1 atom stereocenters. The molecule has 0 aliphatic heterocycles. The molecular weight excluding hydrogens is 352 g/mol. The predicted molar refractivity (Wildman–Crippen MR) is 109 cm³/mol. The van der Waals surface area contributed by atoms with E-state index in [1.807, 2.05) is 12.1 Å². The van der Waals surface area contributed by atoms with Gasteiger partial charge in [0.1, 0.15) is 5.82 Å². The second-order valence-electron chi connectivity index (χ2n) is 7.27. The van der Waals surface area contributed by atoms with E-state index in [1.54, 1.807) is 12.5 Å². The van der Waals surface area contributed by atoms with Crippen LogP contribution >= 0.6 is 0 Å². The van der Waals surface area contributed by atoms with Gasteiger partial charge in [0, 0.05) is 23.9 Å². The van der Waals surface area contributed by atoms with Crippen molar-refractivity contribution in [2.24, 2.45) is 0 Å². The molecule has 0 spiro atoms. The summed E-state index contributed by atoms with van der Waals surface area (Å²) in [6.07, 6.45) is 7.23. The summed E-state index contributed by atoms with van der Waals surface area (Å²) in [5, 5.41) is 14.1. The third kappa shape index (κ3) is 3.28. The Balaban J connectivity index is 1.28. The van der Waals surface area contributed by atoms with Crippen LogP contribution in [0.2, 0.25) is 0 Å². The average Bonchev–Trinajstić information content (AvgIpc) is 3.29. The average molecular weight is 374 g/mol. The van der Waals surface area contributed by atoms with E-state index in [2.05, 4.69) is 65.9 Å². The third-order valence-corrected chi connectivity index (χ3v) is 5.34. The van der Waals surface area contributed by atoms with Crippen LogP contribution in [0.5, 0.6) is 0 Å². The third-order valence-electron chi connectivity index (χ3n) is 5.34. The highest BCUT2D eigenvalue weighted by Crippen LogP contribution is 2.36. The minimum atomic E-state index is 0.0542. The Bertz CT molecular complexity index is 1090. The molecule has 0 unspecified atom stereocenters. The number of hydrogen-bond donors (Lipinski definition) is 4. The summed E-state index contributed by atoms with van der Waals surface area (Å²) in [6, 6.07) is 10.1. The Hall–Kier alpha value is -3.42. The van der Waals surface area contributed by atoms with E-state index in [4.69, 9.17) is 0 Å². The Morgan fingerprint density at radius 3 is 2.89 bits per heavy atom. The lowest BCUT2D eigenvalue weighted by Crippen LogP contribution is -2.10.